The van der Waals surface area contributed by atoms with Crippen LogP contribution in [0.25, 0.3) is 32.7 Å². The minimum absolute atomic E-state index is 0.0355. The van der Waals surface area contributed by atoms with Crippen LogP contribution in [0.1, 0.15) is 62.3 Å². The molecule has 0 heterocycles. The molecule has 4 aromatic rings. The van der Waals surface area contributed by atoms with Gasteiger partial charge < -0.3 is 47.4 Å². The first-order valence-electron chi connectivity index (χ1n) is 16.3. The lowest BCUT2D eigenvalue weighted by Gasteiger charge is -2.28. The number of rotatable bonds is 13. The summed E-state index contributed by atoms with van der Waals surface area (Å²) in [6, 6.07) is 3.45. The molecule has 0 radical (unpaired) electrons. The van der Waals surface area contributed by atoms with Gasteiger partial charge in [-0.2, -0.15) is 0 Å². The van der Waals surface area contributed by atoms with Gasteiger partial charge in [0.1, 0.15) is 34.1 Å². The zero-order valence-corrected chi connectivity index (χ0v) is 36.1. The molecule has 0 aliphatic heterocycles. The lowest BCUT2D eigenvalue weighted by Crippen LogP contribution is -2.17. The average Bonchev–Trinajstić information content (AvgIpc) is 3.09. The zero-order chi connectivity index (χ0) is 40.3. The summed E-state index contributed by atoms with van der Waals surface area (Å²) in [5, 5.41) is 0.873. The van der Waals surface area contributed by atoms with E-state index in [2.05, 4.69) is 0 Å². The molecule has 16 heteroatoms. The molecule has 4 rings (SSSR count). The summed E-state index contributed by atoms with van der Waals surface area (Å²) < 4.78 is 59.7. The van der Waals surface area contributed by atoms with Crippen molar-refractivity contribution in [2.45, 2.75) is 53.8 Å². The number of hydrogen-bond acceptors (Lipinski definition) is 14. The van der Waals surface area contributed by atoms with Gasteiger partial charge in [0.05, 0.1) is 72.8 Å². The molecular formula is C38H40I2O14. The Hall–Kier alpha value is -4.46. The van der Waals surface area contributed by atoms with Crippen molar-refractivity contribution in [3.05, 3.63) is 30.4 Å². The third kappa shape index (κ3) is 7.71. The van der Waals surface area contributed by atoms with Gasteiger partial charge in [0.15, 0.2) is 23.0 Å². The van der Waals surface area contributed by atoms with E-state index in [1.807, 2.05) is 45.2 Å². The molecular weight excluding hydrogens is 934 g/mol. The summed E-state index contributed by atoms with van der Waals surface area (Å²) in [6.45, 7) is 9.47. The third-order valence-electron chi connectivity index (χ3n) is 7.78. The Bertz CT molecular complexity index is 2020. The Balaban J connectivity index is 2.67. The molecule has 0 spiro atoms. The van der Waals surface area contributed by atoms with Crippen LogP contribution in [0.3, 0.4) is 0 Å². The first-order chi connectivity index (χ1) is 25.5. The van der Waals surface area contributed by atoms with Crippen LogP contribution < -0.4 is 37.9 Å². The maximum Gasteiger partial charge on any atom is 0.345 e. The fourth-order valence-corrected chi connectivity index (χ4v) is 7.62. The second kappa shape index (κ2) is 17.3. The Labute approximate surface area is 339 Å². The number of fused-ring (bicyclic) bond motifs is 2. The van der Waals surface area contributed by atoms with Crippen LogP contribution >= 0.6 is 45.2 Å². The summed E-state index contributed by atoms with van der Waals surface area (Å²) in [5.74, 6) is -3.12. The molecule has 0 amide bonds. The van der Waals surface area contributed by atoms with Gasteiger partial charge in [0, 0.05) is 35.7 Å². The van der Waals surface area contributed by atoms with Gasteiger partial charge in [-0.05, 0) is 85.0 Å². The van der Waals surface area contributed by atoms with Crippen LogP contribution in [0.4, 0.5) is 0 Å². The standard InChI is InChI=1S/C38H40I2O14/c1-15(2)51-33-23(19-13-21(39)29(45-7)35(53-17(5)41)25(19)31(47-9)27(33)37(43)49-11)24-20-14-22(40)30(46-8)36(54-18(6)42)26(20)32(48-10)28(38(44)50-12)34(24)52-16(3)4/h13-16H,1-12H3. The van der Waals surface area contributed by atoms with E-state index in [1.165, 1.54) is 56.5 Å². The van der Waals surface area contributed by atoms with E-state index in [4.69, 9.17) is 47.4 Å². The number of esters is 4. The van der Waals surface area contributed by atoms with E-state index in [0.29, 0.717) is 17.9 Å². The minimum Gasteiger partial charge on any atom is -0.495 e. The van der Waals surface area contributed by atoms with E-state index in [-0.39, 0.29) is 79.0 Å². The predicted molar refractivity (Wildman–Crippen MR) is 215 cm³/mol. The SMILES string of the molecule is COC(=O)c1c(OC(C)C)c(-c2c(OC(C)C)c(C(=O)OC)c(OC)c3c(OC(C)=O)c(OC)c(I)cc23)c2cc(I)c(OC)c(OC(C)=O)c2c1OC. The number of carbonyl (C=O) groups excluding carboxylic acids is 4. The highest BCUT2D eigenvalue weighted by atomic mass is 127. The van der Waals surface area contributed by atoms with Crippen LogP contribution in [0, 0.1) is 7.14 Å². The molecule has 290 valence electrons. The number of carbonyl (C=O) groups is 4. The van der Waals surface area contributed by atoms with Crippen molar-refractivity contribution < 1.29 is 66.5 Å². The van der Waals surface area contributed by atoms with Crippen LogP contribution in [0.5, 0.6) is 46.0 Å². The fourth-order valence-electron chi connectivity index (χ4n) is 6.06. The van der Waals surface area contributed by atoms with E-state index < -0.39 is 36.1 Å². The molecule has 0 fully saturated rings. The maximum atomic E-state index is 14.0. The number of methoxy groups -OCH3 is 6. The van der Waals surface area contributed by atoms with Gasteiger partial charge in [-0.3, -0.25) is 9.59 Å². The smallest absolute Gasteiger partial charge is 0.345 e. The minimum atomic E-state index is -0.869. The molecule has 0 N–H and O–H groups in total. The summed E-state index contributed by atoms with van der Waals surface area (Å²) in [7, 11) is 7.87. The molecule has 0 aliphatic rings. The highest BCUT2D eigenvalue weighted by Gasteiger charge is 2.38. The monoisotopic (exact) mass is 974 g/mol. The summed E-state index contributed by atoms with van der Waals surface area (Å²) in [4.78, 5) is 53.4. The van der Waals surface area contributed by atoms with Crippen molar-refractivity contribution in [2.75, 3.05) is 42.7 Å². The molecule has 14 nitrogen and oxygen atoms in total. The number of halogens is 2. The Kier molecular flexibility index (Phi) is 13.6. The normalized spacial score (nSPS) is 11.0. The second-order valence-corrected chi connectivity index (χ2v) is 14.3. The molecule has 0 saturated heterocycles. The van der Waals surface area contributed by atoms with Crippen molar-refractivity contribution in [1.82, 2.24) is 0 Å². The van der Waals surface area contributed by atoms with Crippen LogP contribution in [0.15, 0.2) is 12.1 Å². The Morgan fingerprint density at radius 1 is 0.500 bits per heavy atom. The maximum absolute atomic E-state index is 14.0. The molecule has 0 aliphatic carbocycles. The highest BCUT2D eigenvalue weighted by Crippen LogP contribution is 2.59. The van der Waals surface area contributed by atoms with E-state index in [0.717, 1.165) is 0 Å². The van der Waals surface area contributed by atoms with Crippen molar-refractivity contribution >= 4 is 90.6 Å². The predicted octanol–water partition coefficient (Wildman–Crippen LogP) is 7.90. The fraction of sp³-hybridized carbons (Fsp3) is 0.368. The van der Waals surface area contributed by atoms with Gasteiger partial charge in [0.2, 0.25) is 0 Å². The third-order valence-corrected chi connectivity index (χ3v) is 9.38. The molecule has 0 unspecified atom stereocenters. The lowest BCUT2D eigenvalue weighted by molar-refractivity contribution is -0.132. The van der Waals surface area contributed by atoms with Crippen LogP contribution in [-0.4, -0.2) is 78.7 Å². The molecule has 0 bridgehead atoms. The average molecular weight is 975 g/mol. The van der Waals surface area contributed by atoms with E-state index >= 15 is 0 Å². The number of benzene rings is 4. The molecule has 4 aromatic carbocycles. The second-order valence-electron chi connectivity index (χ2n) is 12.0. The van der Waals surface area contributed by atoms with Crippen molar-refractivity contribution in [1.29, 1.82) is 0 Å². The summed E-state index contributed by atoms with van der Waals surface area (Å²) in [5.41, 5.74) is -0.0140. The van der Waals surface area contributed by atoms with Crippen molar-refractivity contribution in [2.24, 2.45) is 0 Å². The van der Waals surface area contributed by atoms with Gasteiger partial charge in [0.25, 0.3) is 0 Å². The van der Waals surface area contributed by atoms with Crippen LogP contribution in [0.2, 0.25) is 0 Å². The van der Waals surface area contributed by atoms with Crippen LogP contribution in [-0.2, 0) is 19.1 Å². The summed E-state index contributed by atoms with van der Waals surface area (Å²) >= 11 is 4.06. The molecule has 54 heavy (non-hydrogen) atoms. The van der Waals surface area contributed by atoms with Gasteiger partial charge in [-0.25, -0.2) is 9.59 Å². The first kappa shape index (κ1) is 42.3. The van der Waals surface area contributed by atoms with Gasteiger partial charge in [-0.15, -0.1) is 0 Å². The molecule has 0 atom stereocenters. The van der Waals surface area contributed by atoms with Gasteiger partial charge in [-0.1, -0.05) is 0 Å². The quantitative estimate of drug-likeness (QED) is 0.0723. The van der Waals surface area contributed by atoms with E-state index in [9.17, 15) is 19.2 Å². The summed E-state index contributed by atoms with van der Waals surface area (Å²) in [6.07, 6.45) is -1.12. The Morgan fingerprint density at radius 2 is 0.815 bits per heavy atom. The van der Waals surface area contributed by atoms with E-state index in [1.54, 1.807) is 39.8 Å². The first-order valence-corrected chi connectivity index (χ1v) is 18.4. The molecule has 0 aromatic heterocycles. The largest absolute Gasteiger partial charge is 0.495 e. The van der Waals surface area contributed by atoms with Crippen molar-refractivity contribution in [3.63, 3.8) is 0 Å². The highest BCUT2D eigenvalue weighted by molar-refractivity contribution is 14.1. The topological polar surface area (TPSA) is 161 Å². The van der Waals surface area contributed by atoms with Crippen molar-refractivity contribution in [3.8, 4) is 57.1 Å². The number of ether oxygens (including phenoxy) is 10. The number of hydrogen-bond donors (Lipinski definition) is 0. The van der Waals surface area contributed by atoms with Gasteiger partial charge >= 0.3 is 23.9 Å². The lowest BCUT2D eigenvalue weighted by atomic mass is 9.86. The Morgan fingerprint density at radius 3 is 1.06 bits per heavy atom. The molecule has 0 saturated carbocycles. The zero-order valence-electron chi connectivity index (χ0n) is 31.8.